The summed E-state index contributed by atoms with van der Waals surface area (Å²) in [5.41, 5.74) is 3.15. The third-order valence-corrected chi connectivity index (χ3v) is 6.67. The summed E-state index contributed by atoms with van der Waals surface area (Å²) in [6.07, 6.45) is 0. The van der Waals surface area contributed by atoms with Crippen LogP contribution in [0.1, 0.15) is 11.1 Å². The summed E-state index contributed by atoms with van der Waals surface area (Å²) >= 11 is 8.75. The molecule has 0 aliphatic carbocycles. The molecular weight excluding hydrogens is 438 g/mol. The normalized spacial score (nSPS) is 11.0. The van der Waals surface area contributed by atoms with Crippen LogP contribution in [0.2, 0.25) is 5.02 Å². The average molecular weight is 456 g/mol. The zero-order valence-electron chi connectivity index (χ0n) is 16.1. The van der Waals surface area contributed by atoms with Gasteiger partial charge >= 0.3 is 0 Å². The van der Waals surface area contributed by atoms with Gasteiger partial charge in [-0.1, -0.05) is 53.7 Å². The number of rotatable bonds is 6. The van der Waals surface area contributed by atoms with E-state index in [2.05, 4.69) is 10.3 Å². The zero-order valence-corrected chi connectivity index (χ0v) is 18.5. The van der Waals surface area contributed by atoms with Crippen molar-refractivity contribution in [2.45, 2.75) is 18.6 Å². The molecule has 0 saturated carbocycles. The maximum Gasteiger partial charge on any atom is 0.276 e. The Morgan fingerprint density at radius 1 is 1.20 bits per heavy atom. The van der Waals surface area contributed by atoms with Gasteiger partial charge in [-0.05, 0) is 47.7 Å². The molecular formula is C22H18ClN3O2S2. The van der Waals surface area contributed by atoms with Crippen molar-refractivity contribution in [2.24, 2.45) is 0 Å². The molecule has 0 spiro atoms. The minimum atomic E-state index is -0.157. The van der Waals surface area contributed by atoms with Gasteiger partial charge in [-0.2, -0.15) is 0 Å². The van der Waals surface area contributed by atoms with E-state index < -0.39 is 0 Å². The Bertz CT molecular complexity index is 1280. The Morgan fingerprint density at radius 3 is 2.83 bits per heavy atom. The number of halogens is 1. The van der Waals surface area contributed by atoms with Gasteiger partial charge in [0.05, 0.1) is 17.0 Å². The fourth-order valence-corrected chi connectivity index (χ4v) is 4.80. The molecule has 30 heavy (non-hydrogen) atoms. The molecule has 2 heterocycles. The number of aromatic nitrogens is 2. The number of benzene rings is 2. The van der Waals surface area contributed by atoms with E-state index in [1.165, 1.54) is 23.1 Å². The van der Waals surface area contributed by atoms with Crippen molar-refractivity contribution in [3.8, 4) is 5.69 Å². The third kappa shape index (κ3) is 4.43. The molecule has 0 aliphatic heterocycles. The second-order valence-electron chi connectivity index (χ2n) is 6.67. The SMILES string of the molecule is Cc1cccc(-n2c(SCC(=O)NCc3ccccc3Cl)nc3ccsc3c2=O)c1. The quantitative estimate of drug-likeness (QED) is 0.334. The van der Waals surface area contributed by atoms with Crippen LogP contribution in [0.5, 0.6) is 0 Å². The number of carbonyl (C=O) groups is 1. The van der Waals surface area contributed by atoms with Crippen molar-refractivity contribution in [1.29, 1.82) is 0 Å². The molecule has 4 rings (SSSR count). The smallest absolute Gasteiger partial charge is 0.276 e. The number of thiophene rings is 1. The number of nitrogens with zero attached hydrogens (tertiary/aromatic N) is 2. The lowest BCUT2D eigenvalue weighted by Crippen LogP contribution is -2.26. The zero-order chi connectivity index (χ0) is 21.1. The highest BCUT2D eigenvalue weighted by Gasteiger charge is 2.16. The van der Waals surface area contributed by atoms with E-state index in [-0.39, 0.29) is 17.2 Å². The van der Waals surface area contributed by atoms with E-state index in [0.29, 0.717) is 26.9 Å². The Morgan fingerprint density at radius 2 is 2.03 bits per heavy atom. The number of hydrogen-bond donors (Lipinski definition) is 1. The molecule has 0 radical (unpaired) electrons. The maximum absolute atomic E-state index is 13.1. The minimum Gasteiger partial charge on any atom is -0.351 e. The molecule has 1 amide bonds. The van der Waals surface area contributed by atoms with Crippen molar-refractivity contribution in [3.05, 3.63) is 86.5 Å². The van der Waals surface area contributed by atoms with Gasteiger partial charge in [-0.15, -0.1) is 11.3 Å². The van der Waals surface area contributed by atoms with Crippen LogP contribution in [0.4, 0.5) is 0 Å². The second kappa shape index (κ2) is 9.04. The molecule has 0 bridgehead atoms. The number of amides is 1. The van der Waals surface area contributed by atoms with Crippen molar-refractivity contribution in [3.63, 3.8) is 0 Å². The molecule has 0 atom stereocenters. The molecule has 0 unspecified atom stereocenters. The van der Waals surface area contributed by atoms with Gasteiger partial charge in [0.25, 0.3) is 5.56 Å². The van der Waals surface area contributed by atoms with E-state index >= 15 is 0 Å². The predicted octanol–water partition coefficient (Wildman–Crippen LogP) is 4.82. The van der Waals surface area contributed by atoms with E-state index in [1.807, 2.05) is 60.8 Å². The number of aryl methyl sites for hydroxylation is 1. The van der Waals surface area contributed by atoms with Gasteiger partial charge in [0.15, 0.2) is 5.16 Å². The Balaban J connectivity index is 1.57. The molecule has 4 aromatic rings. The lowest BCUT2D eigenvalue weighted by molar-refractivity contribution is -0.118. The lowest BCUT2D eigenvalue weighted by Gasteiger charge is -2.13. The van der Waals surface area contributed by atoms with E-state index in [9.17, 15) is 9.59 Å². The summed E-state index contributed by atoms with van der Waals surface area (Å²) in [5, 5.41) is 5.82. The van der Waals surface area contributed by atoms with E-state index in [0.717, 1.165) is 16.8 Å². The predicted molar refractivity (Wildman–Crippen MR) is 124 cm³/mol. The summed E-state index contributed by atoms with van der Waals surface area (Å²) in [5.74, 6) is -0.0198. The van der Waals surface area contributed by atoms with Crippen LogP contribution < -0.4 is 10.9 Å². The van der Waals surface area contributed by atoms with E-state index in [4.69, 9.17) is 11.6 Å². The Labute approximate surface area is 186 Å². The molecule has 5 nitrogen and oxygen atoms in total. The average Bonchev–Trinajstić information content (AvgIpc) is 3.21. The molecule has 0 fully saturated rings. The summed E-state index contributed by atoms with van der Waals surface area (Å²) < 4.78 is 2.18. The topological polar surface area (TPSA) is 64.0 Å². The number of carbonyl (C=O) groups excluding carboxylic acids is 1. The number of hydrogen-bond acceptors (Lipinski definition) is 5. The number of fused-ring (bicyclic) bond motifs is 1. The maximum atomic E-state index is 13.1. The van der Waals surface area contributed by atoms with Crippen molar-refractivity contribution in [2.75, 3.05) is 5.75 Å². The second-order valence-corrected chi connectivity index (χ2v) is 8.93. The first-order chi connectivity index (χ1) is 14.5. The lowest BCUT2D eigenvalue weighted by atomic mass is 10.2. The molecule has 0 saturated heterocycles. The minimum absolute atomic E-state index is 0.125. The highest BCUT2D eigenvalue weighted by molar-refractivity contribution is 7.99. The van der Waals surface area contributed by atoms with Gasteiger partial charge < -0.3 is 5.32 Å². The van der Waals surface area contributed by atoms with Crippen LogP contribution in [0.25, 0.3) is 15.9 Å². The number of nitrogens with one attached hydrogen (secondary N) is 1. The monoisotopic (exact) mass is 455 g/mol. The summed E-state index contributed by atoms with van der Waals surface area (Å²) in [7, 11) is 0. The fraction of sp³-hybridized carbons (Fsp3) is 0.136. The highest BCUT2D eigenvalue weighted by atomic mass is 35.5. The largest absolute Gasteiger partial charge is 0.351 e. The molecule has 8 heteroatoms. The molecule has 2 aromatic carbocycles. The van der Waals surface area contributed by atoms with Gasteiger partial charge in [0.1, 0.15) is 4.70 Å². The first kappa shape index (κ1) is 20.7. The van der Waals surface area contributed by atoms with Crippen LogP contribution in [-0.4, -0.2) is 21.2 Å². The van der Waals surface area contributed by atoms with Crippen molar-refractivity contribution >= 4 is 50.8 Å². The summed E-state index contributed by atoms with van der Waals surface area (Å²) in [6.45, 7) is 2.32. The number of thioether (sulfide) groups is 1. The van der Waals surface area contributed by atoms with Gasteiger partial charge in [0.2, 0.25) is 5.91 Å². The molecule has 1 N–H and O–H groups in total. The van der Waals surface area contributed by atoms with Crippen LogP contribution in [0.3, 0.4) is 0 Å². The molecule has 0 aliphatic rings. The first-order valence-corrected chi connectivity index (χ1v) is 11.5. The Hall–Kier alpha value is -2.61. The molecule has 152 valence electrons. The summed E-state index contributed by atoms with van der Waals surface area (Å²) in [6, 6.07) is 16.9. The van der Waals surface area contributed by atoms with Crippen LogP contribution in [0.15, 0.2) is 69.9 Å². The van der Waals surface area contributed by atoms with Crippen LogP contribution in [-0.2, 0) is 11.3 Å². The third-order valence-electron chi connectivity index (χ3n) is 4.48. The Kier molecular flexibility index (Phi) is 6.22. The van der Waals surface area contributed by atoms with Gasteiger partial charge in [-0.25, -0.2) is 4.98 Å². The standard InChI is InChI=1S/C22H18ClN3O2S2/c1-14-5-4-7-16(11-14)26-21(28)20-18(9-10-29-20)25-22(26)30-13-19(27)24-12-15-6-2-3-8-17(15)23/h2-11H,12-13H2,1H3,(H,24,27). The fourth-order valence-electron chi connectivity index (χ4n) is 3.00. The summed E-state index contributed by atoms with van der Waals surface area (Å²) in [4.78, 5) is 30.2. The van der Waals surface area contributed by atoms with Crippen LogP contribution >= 0.6 is 34.7 Å². The van der Waals surface area contributed by atoms with Gasteiger partial charge in [-0.3, -0.25) is 14.2 Å². The van der Waals surface area contributed by atoms with Gasteiger partial charge in [0, 0.05) is 11.6 Å². The highest BCUT2D eigenvalue weighted by Crippen LogP contribution is 2.24. The van der Waals surface area contributed by atoms with Crippen molar-refractivity contribution < 1.29 is 4.79 Å². The van der Waals surface area contributed by atoms with E-state index in [1.54, 1.807) is 10.6 Å². The first-order valence-electron chi connectivity index (χ1n) is 9.23. The van der Waals surface area contributed by atoms with Crippen LogP contribution in [0, 0.1) is 6.92 Å². The molecule has 2 aromatic heterocycles. The van der Waals surface area contributed by atoms with Crippen molar-refractivity contribution in [1.82, 2.24) is 14.9 Å².